The Morgan fingerprint density at radius 1 is 1.25 bits per heavy atom. The van der Waals surface area contributed by atoms with Crippen molar-refractivity contribution < 1.29 is 0 Å². The van der Waals surface area contributed by atoms with Crippen molar-refractivity contribution in [1.82, 2.24) is 4.90 Å². The minimum atomic E-state index is -0.898. The summed E-state index contributed by atoms with van der Waals surface area (Å²) in [5, 5.41) is 0. The van der Waals surface area contributed by atoms with E-state index in [4.69, 9.17) is 0 Å². The average Bonchev–Trinajstić information content (AvgIpc) is 2.32. The molecule has 0 N–H and O–H groups in total. The second-order valence-corrected chi connectivity index (χ2v) is 11.3. The molecule has 70 valence electrons. The van der Waals surface area contributed by atoms with Crippen LogP contribution >= 0.6 is 0 Å². The molecule has 0 radical (unpaired) electrons. The van der Waals surface area contributed by atoms with Gasteiger partial charge in [0.1, 0.15) is 0 Å². The van der Waals surface area contributed by atoms with Crippen LogP contribution in [0.4, 0.5) is 0 Å². The molecule has 1 nitrogen and oxygen atoms in total. The van der Waals surface area contributed by atoms with E-state index in [1.54, 1.807) is 0 Å². The summed E-state index contributed by atoms with van der Waals surface area (Å²) in [4.78, 5) is 2.53. The molecule has 0 aromatic rings. The topological polar surface area (TPSA) is 3.24 Å². The maximum absolute atomic E-state index is 3.25. The van der Waals surface area contributed by atoms with Crippen LogP contribution in [0, 0.1) is 0 Å². The van der Waals surface area contributed by atoms with Crippen LogP contribution in [-0.2, 0) is 0 Å². The molecular formula is C9H19NSeSi. The predicted octanol–water partition coefficient (Wildman–Crippen LogP) is 1.72. The molecule has 0 bridgehead atoms. The number of hydrogen-bond acceptors (Lipinski definition) is 1. The van der Waals surface area contributed by atoms with E-state index in [1.807, 2.05) is 0 Å². The van der Waals surface area contributed by atoms with E-state index >= 15 is 0 Å². The molecule has 1 rings (SSSR count). The first-order valence-corrected chi connectivity index (χ1v) is 9.33. The number of nitrogens with zero attached hydrogens (tertiary/aromatic N) is 1. The van der Waals surface area contributed by atoms with Gasteiger partial charge in [-0.2, -0.15) is 0 Å². The molecule has 0 saturated carbocycles. The van der Waals surface area contributed by atoms with Crippen LogP contribution in [0.1, 0.15) is 12.8 Å². The van der Waals surface area contributed by atoms with Crippen LogP contribution in [-0.4, -0.2) is 46.2 Å². The standard InChI is InChI=1S/C9H19NSeSi/c1-12(2,3)8-9(11)10-6-4-5-7-10/h4-8H2,1-3H3. The second kappa shape index (κ2) is 4.08. The molecule has 1 aliphatic heterocycles. The van der Waals surface area contributed by atoms with E-state index in [9.17, 15) is 0 Å². The van der Waals surface area contributed by atoms with Crippen LogP contribution in [0.15, 0.2) is 0 Å². The fourth-order valence-corrected chi connectivity index (χ4v) is 5.77. The van der Waals surface area contributed by atoms with Gasteiger partial charge < -0.3 is 0 Å². The van der Waals surface area contributed by atoms with Crippen LogP contribution in [0.25, 0.3) is 0 Å². The predicted molar refractivity (Wildman–Crippen MR) is 59.7 cm³/mol. The molecule has 0 spiro atoms. The Balaban J connectivity index is 2.37. The zero-order chi connectivity index (χ0) is 9.19. The van der Waals surface area contributed by atoms with Gasteiger partial charge in [-0.25, -0.2) is 0 Å². The van der Waals surface area contributed by atoms with Crippen molar-refractivity contribution in [3.8, 4) is 0 Å². The van der Waals surface area contributed by atoms with Gasteiger partial charge in [0.2, 0.25) is 0 Å². The van der Waals surface area contributed by atoms with Crippen LogP contribution in [0.5, 0.6) is 0 Å². The van der Waals surface area contributed by atoms with E-state index in [1.165, 1.54) is 36.5 Å². The summed E-state index contributed by atoms with van der Waals surface area (Å²) in [5.74, 6) is 0. The summed E-state index contributed by atoms with van der Waals surface area (Å²) in [6.07, 6.45) is 2.77. The summed E-state index contributed by atoms with van der Waals surface area (Å²) in [6, 6.07) is 1.33. The van der Waals surface area contributed by atoms with Crippen molar-refractivity contribution in [3.63, 3.8) is 0 Å². The van der Waals surface area contributed by atoms with Crippen molar-refractivity contribution in [2.45, 2.75) is 38.5 Å². The van der Waals surface area contributed by atoms with Gasteiger partial charge in [-0.05, 0) is 0 Å². The quantitative estimate of drug-likeness (QED) is 0.687. The first-order valence-electron chi connectivity index (χ1n) is 4.77. The van der Waals surface area contributed by atoms with Gasteiger partial charge in [0.05, 0.1) is 0 Å². The average molecular weight is 248 g/mol. The maximum atomic E-state index is 3.25. The molecule has 0 amide bonds. The van der Waals surface area contributed by atoms with E-state index in [0.29, 0.717) is 0 Å². The van der Waals surface area contributed by atoms with Gasteiger partial charge in [0, 0.05) is 0 Å². The Bertz CT molecular complexity index is 168. The summed E-state index contributed by atoms with van der Waals surface area (Å²) in [7, 11) is -0.898. The number of likely N-dealkylation sites (tertiary alicyclic amines) is 1. The Hall–Kier alpha value is 0.406. The minimum absolute atomic E-state index is 0.898. The van der Waals surface area contributed by atoms with Crippen molar-refractivity contribution in [2.75, 3.05) is 13.1 Å². The summed E-state index contributed by atoms with van der Waals surface area (Å²) in [6.45, 7) is 9.86. The van der Waals surface area contributed by atoms with Gasteiger partial charge in [0.25, 0.3) is 0 Å². The van der Waals surface area contributed by atoms with E-state index in [2.05, 4.69) is 40.1 Å². The molecule has 1 aliphatic rings. The second-order valence-electron chi connectivity index (χ2n) is 4.83. The molecular weight excluding hydrogens is 229 g/mol. The summed E-state index contributed by atoms with van der Waals surface area (Å²) < 4.78 is 1.52. The number of hydrogen-bond donors (Lipinski definition) is 0. The van der Waals surface area contributed by atoms with Gasteiger partial charge in [0.15, 0.2) is 0 Å². The summed E-state index contributed by atoms with van der Waals surface area (Å²) >= 11 is 3.25. The van der Waals surface area contributed by atoms with E-state index in [0.717, 1.165) is 0 Å². The van der Waals surface area contributed by atoms with Crippen LogP contribution < -0.4 is 0 Å². The van der Waals surface area contributed by atoms with Crippen molar-refractivity contribution in [3.05, 3.63) is 0 Å². The molecule has 3 heteroatoms. The zero-order valence-corrected chi connectivity index (χ0v) is 11.1. The molecule has 0 aromatic carbocycles. The Labute approximate surface area is 84.9 Å². The number of rotatable bonds is 3. The van der Waals surface area contributed by atoms with Crippen LogP contribution in [0.2, 0.25) is 25.7 Å². The Kier molecular flexibility index (Phi) is 3.56. The third-order valence-corrected chi connectivity index (χ3v) is 4.95. The molecule has 0 unspecified atom stereocenters. The van der Waals surface area contributed by atoms with Gasteiger partial charge in [-0.3, -0.25) is 0 Å². The Morgan fingerprint density at radius 3 is 2.17 bits per heavy atom. The van der Waals surface area contributed by atoms with Crippen molar-refractivity contribution in [2.24, 2.45) is 0 Å². The van der Waals surface area contributed by atoms with Gasteiger partial charge in [-0.1, -0.05) is 0 Å². The van der Waals surface area contributed by atoms with Crippen molar-refractivity contribution in [1.29, 1.82) is 0 Å². The zero-order valence-electron chi connectivity index (χ0n) is 8.39. The molecule has 0 atom stereocenters. The molecule has 0 aromatic heterocycles. The van der Waals surface area contributed by atoms with Gasteiger partial charge in [-0.15, -0.1) is 0 Å². The molecule has 1 saturated heterocycles. The third-order valence-electron chi connectivity index (χ3n) is 2.14. The van der Waals surface area contributed by atoms with Crippen LogP contribution in [0.3, 0.4) is 0 Å². The first-order chi connectivity index (χ1) is 5.49. The fourth-order valence-electron chi connectivity index (χ4n) is 1.53. The monoisotopic (exact) mass is 249 g/mol. The molecule has 0 aliphatic carbocycles. The Morgan fingerprint density at radius 2 is 1.75 bits per heavy atom. The third kappa shape index (κ3) is 3.42. The SMILES string of the molecule is C[Si](C)(C)CC(=[Se])N1CCCC1. The molecule has 1 fully saturated rings. The summed E-state index contributed by atoms with van der Waals surface area (Å²) in [5.41, 5.74) is 0. The molecule has 1 heterocycles. The molecule has 12 heavy (non-hydrogen) atoms. The van der Waals surface area contributed by atoms with E-state index < -0.39 is 8.07 Å². The van der Waals surface area contributed by atoms with Crippen molar-refractivity contribution >= 4 is 28.2 Å². The fraction of sp³-hybridized carbons (Fsp3) is 0.889. The van der Waals surface area contributed by atoms with Gasteiger partial charge >= 0.3 is 84.7 Å². The van der Waals surface area contributed by atoms with E-state index in [-0.39, 0.29) is 0 Å². The normalized spacial score (nSPS) is 18.4. The first kappa shape index (κ1) is 10.5.